The Kier molecular flexibility index (Phi) is 2.96. The molecule has 1 aliphatic heterocycles. The highest BCUT2D eigenvalue weighted by molar-refractivity contribution is 5.36. The summed E-state index contributed by atoms with van der Waals surface area (Å²) in [4.78, 5) is 0. The second kappa shape index (κ2) is 4.94. The number of anilines is 1. The highest BCUT2D eigenvalue weighted by Gasteiger charge is 2.24. The quantitative estimate of drug-likeness (QED) is 0.897. The van der Waals surface area contributed by atoms with Gasteiger partial charge in [0, 0.05) is 37.7 Å². The summed E-state index contributed by atoms with van der Waals surface area (Å²) in [6.07, 6.45) is 4.30. The normalized spacial score (nSPS) is 24.0. The first-order chi connectivity index (χ1) is 9.90. The van der Waals surface area contributed by atoms with Crippen LogP contribution in [0.25, 0.3) is 0 Å². The molecule has 0 saturated carbocycles. The fraction of sp³-hybridized carbons (Fsp3) is 0.438. The Bertz CT molecular complexity index is 604. The highest BCUT2D eigenvalue weighted by Crippen LogP contribution is 2.30. The molecule has 0 spiro atoms. The summed E-state index contributed by atoms with van der Waals surface area (Å²) in [5.74, 6) is 1.75. The van der Waals surface area contributed by atoms with Crippen LogP contribution in [-0.4, -0.2) is 22.9 Å². The van der Waals surface area contributed by atoms with Gasteiger partial charge in [-0.3, -0.25) is 0 Å². The van der Waals surface area contributed by atoms with Gasteiger partial charge in [-0.2, -0.15) is 5.10 Å². The van der Waals surface area contributed by atoms with Crippen molar-refractivity contribution in [1.29, 1.82) is 0 Å². The Labute approximate surface area is 119 Å². The van der Waals surface area contributed by atoms with Gasteiger partial charge in [0.25, 0.3) is 0 Å². The molecule has 0 bridgehead atoms. The van der Waals surface area contributed by atoms with Crippen molar-refractivity contribution in [3.05, 3.63) is 47.7 Å². The third-order valence-electron chi connectivity index (χ3n) is 4.51. The highest BCUT2D eigenvalue weighted by atomic mass is 15.3. The van der Waals surface area contributed by atoms with Gasteiger partial charge in [-0.15, -0.1) is 0 Å². The third kappa shape index (κ3) is 2.10. The van der Waals surface area contributed by atoms with E-state index in [1.165, 1.54) is 24.0 Å². The molecule has 2 unspecified atom stereocenters. The summed E-state index contributed by atoms with van der Waals surface area (Å²) in [6.45, 7) is 3.09. The first-order valence-electron chi connectivity index (χ1n) is 7.47. The Morgan fingerprint density at radius 2 is 2.25 bits per heavy atom. The predicted molar refractivity (Wildman–Crippen MR) is 79.7 cm³/mol. The number of nitrogens with one attached hydrogen (secondary N) is 2. The monoisotopic (exact) mass is 268 g/mol. The van der Waals surface area contributed by atoms with Gasteiger partial charge in [0.15, 0.2) is 0 Å². The standard InChI is InChI=1S/C16H20N4/c1-2-4-14-13(3-1)5-6-15(14)17-9-12-10-18-16-7-8-19-20(16)11-12/h1-4,7-8,12,15,17-18H,5-6,9-11H2. The number of fused-ring (bicyclic) bond motifs is 2. The van der Waals surface area contributed by atoms with Crippen LogP contribution >= 0.6 is 0 Å². The summed E-state index contributed by atoms with van der Waals surface area (Å²) in [6, 6.07) is 11.4. The molecule has 1 aliphatic carbocycles. The Morgan fingerprint density at radius 1 is 1.30 bits per heavy atom. The van der Waals surface area contributed by atoms with E-state index in [-0.39, 0.29) is 0 Å². The molecule has 2 aliphatic rings. The molecule has 2 heterocycles. The molecule has 0 saturated heterocycles. The van der Waals surface area contributed by atoms with Crippen LogP contribution < -0.4 is 10.6 Å². The Balaban J connectivity index is 1.38. The number of hydrogen-bond acceptors (Lipinski definition) is 3. The van der Waals surface area contributed by atoms with E-state index in [0.717, 1.165) is 25.5 Å². The molecule has 4 heteroatoms. The predicted octanol–water partition coefficient (Wildman–Crippen LogP) is 2.20. The molecule has 0 radical (unpaired) electrons. The second-order valence-electron chi connectivity index (χ2n) is 5.84. The van der Waals surface area contributed by atoms with E-state index in [0.29, 0.717) is 12.0 Å². The minimum absolute atomic E-state index is 0.533. The van der Waals surface area contributed by atoms with Gasteiger partial charge < -0.3 is 10.6 Å². The molecule has 2 N–H and O–H groups in total. The summed E-state index contributed by atoms with van der Waals surface area (Å²) < 4.78 is 2.07. The van der Waals surface area contributed by atoms with Crippen molar-refractivity contribution in [1.82, 2.24) is 15.1 Å². The van der Waals surface area contributed by atoms with Gasteiger partial charge in [-0.25, -0.2) is 4.68 Å². The van der Waals surface area contributed by atoms with Gasteiger partial charge in [0.2, 0.25) is 0 Å². The van der Waals surface area contributed by atoms with Crippen molar-refractivity contribution in [2.24, 2.45) is 5.92 Å². The molecule has 1 aromatic carbocycles. The number of nitrogens with zero attached hydrogens (tertiary/aromatic N) is 2. The van der Waals surface area contributed by atoms with Crippen molar-refractivity contribution in [2.75, 3.05) is 18.4 Å². The number of rotatable bonds is 3. The zero-order valence-corrected chi connectivity index (χ0v) is 11.5. The summed E-state index contributed by atoms with van der Waals surface area (Å²) in [5.41, 5.74) is 3.01. The van der Waals surface area contributed by atoms with E-state index in [9.17, 15) is 0 Å². The minimum atomic E-state index is 0.533. The smallest absolute Gasteiger partial charge is 0.124 e. The van der Waals surface area contributed by atoms with Crippen LogP contribution in [0, 0.1) is 5.92 Å². The fourth-order valence-corrected chi connectivity index (χ4v) is 3.40. The van der Waals surface area contributed by atoms with Gasteiger partial charge in [-0.1, -0.05) is 24.3 Å². The number of benzene rings is 1. The number of hydrogen-bond donors (Lipinski definition) is 2. The lowest BCUT2D eigenvalue weighted by atomic mass is 10.1. The first-order valence-corrected chi connectivity index (χ1v) is 7.47. The first kappa shape index (κ1) is 12.0. The molecule has 20 heavy (non-hydrogen) atoms. The SMILES string of the molecule is c1ccc2c(c1)CCC2NCC1CNc2ccnn2C1. The molecule has 2 atom stereocenters. The number of aryl methyl sites for hydroxylation is 1. The topological polar surface area (TPSA) is 41.9 Å². The van der Waals surface area contributed by atoms with Crippen molar-refractivity contribution in [2.45, 2.75) is 25.4 Å². The van der Waals surface area contributed by atoms with E-state index < -0.39 is 0 Å². The third-order valence-corrected chi connectivity index (χ3v) is 4.51. The Hall–Kier alpha value is -1.81. The zero-order valence-electron chi connectivity index (χ0n) is 11.5. The van der Waals surface area contributed by atoms with Gasteiger partial charge in [0.05, 0.1) is 6.20 Å². The van der Waals surface area contributed by atoms with Crippen LogP contribution in [0.15, 0.2) is 36.5 Å². The van der Waals surface area contributed by atoms with Crippen LogP contribution in [0.2, 0.25) is 0 Å². The molecule has 4 nitrogen and oxygen atoms in total. The van der Waals surface area contributed by atoms with E-state index in [1.54, 1.807) is 0 Å². The summed E-state index contributed by atoms with van der Waals surface area (Å²) >= 11 is 0. The van der Waals surface area contributed by atoms with Crippen LogP contribution in [0.4, 0.5) is 5.82 Å². The van der Waals surface area contributed by atoms with E-state index in [2.05, 4.69) is 44.7 Å². The maximum absolute atomic E-state index is 4.35. The van der Waals surface area contributed by atoms with Crippen LogP contribution in [-0.2, 0) is 13.0 Å². The molecule has 2 aromatic rings. The lowest BCUT2D eigenvalue weighted by molar-refractivity contribution is 0.370. The fourth-order valence-electron chi connectivity index (χ4n) is 3.40. The zero-order chi connectivity index (χ0) is 13.4. The largest absolute Gasteiger partial charge is 0.370 e. The average Bonchev–Trinajstić information content (AvgIpc) is 3.11. The number of aromatic nitrogens is 2. The van der Waals surface area contributed by atoms with Crippen molar-refractivity contribution >= 4 is 5.82 Å². The molecule has 0 amide bonds. The van der Waals surface area contributed by atoms with Crippen LogP contribution in [0.3, 0.4) is 0 Å². The maximum Gasteiger partial charge on any atom is 0.124 e. The molecular formula is C16H20N4. The van der Waals surface area contributed by atoms with Crippen molar-refractivity contribution < 1.29 is 0 Å². The molecule has 4 rings (SSSR count). The molecular weight excluding hydrogens is 248 g/mol. The summed E-state index contributed by atoms with van der Waals surface area (Å²) in [7, 11) is 0. The van der Waals surface area contributed by atoms with Crippen LogP contribution in [0.1, 0.15) is 23.6 Å². The minimum Gasteiger partial charge on any atom is -0.370 e. The van der Waals surface area contributed by atoms with E-state index in [1.807, 2.05) is 12.3 Å². The van der Waals surface area contributed by atoms with Crippen molar-refractivity contribution in [3.63, 3.8) is 0 Å². The molecule has 0 fully saturated rings. The lowest BCUT2D eigenvalue weighted by Gasteiger charge is -2.26. The maximum atomic E-state index is 4.35. The van der Waals surface area contributed by atoms with Gasteiger partial charge in [0.1, 0.15) is 5.82 Å². The molecule has 104 valence electrons. The van der Waals surface area contributed by atoms with Gasteiger partial charge >= 0.3 is 0 Å². The average molecular weight is 268 g/mol. The lowest BCUT2D eigenvalue weighted by Crippen LogP contribution is -2.36. The molecule has 1 aromatic heterocycles. The summed E-state index contributed by atoms with van der Waals surface area (Å²) in [5, 5.41) is 11.5. The van der Waals surface area contributed by atoms with Gasteiger partial charge in [-0.05, 0) is 24.0 Å². The van der Waals surface area contributed by atoms with E-state index >= 15 is 0 Å². The second-order valence-corrected chi connectivity index (χ2v) is 5.84. The van der Waals surface area contributed by atoms with E-state index in [4.69, 9.17) is 0 Å². The van der Waals surface area contributed by atoms with Crippen LogP contribution in [0.5, 0.6) is 0 Å². The Morgan fingerprint density at radius 3 is 3.25 bits per heavy atom. The van der Waals surface area contributed by atoms with Crippen molar-refractivity contribution in [3.8, 4) is 0 Å².